The maximum absolute atomic E-state index is 11.9. The lowest BCUT2D eigenvalue weighted by Crippen LogP contribution is -2.30. The van der Waals surface area contributed by atoms with Gasteiger partial charge in [0.05, 0.1) is 16.5 Å². The van der Waals surface area contributed by atoms with Gasteiger partial charge in [-0.15, -0.1) is 11.3 Å². The molecule has 0 atom stereocenters. The molecule has 0 saturated carbocycles. The Balaban J connectivity index is 1.51. The third-order valence-electron chi connectivity index (χ3n) is 4.07. The molecule has 0 saturated heterocycles. The zero-order chi connectivity index (χ0) is 19.9. The van der Waals surface area contributed by atoms with Crippen molar-refractivity contribution in [3.63, 3.8) is 0 Å². The third kappa shape index (κ3) is 4.84. The zero-order valence-corrected chi connectivity index (χ0v) is 16.1. The smallest absolute Gasteiger partial charge is 0.325 e. The molecule has 5 nitrogen and oxygen atoms in total. The highest BCUT2D eigenvalue weighted by atomic mass is 32.1. The molecule has 0 unspecified atom stereocenters. The number of nitriles is 1. The standard InChI is InChI=1S/C22H18N2O3S/c1-15-6-11-20(28-15)22(26)24-13-21(25)27-14-16-7-9-17(10-8-16)19-5-3-2-4-18(19)12-23/h2-11H,13-14H2,1H3,(H,24,26). The van der Waals surface area contributed by atoms with Gasteiger partial charge in [0.2, 0.25) is 0 Å². The Kier molecular flexibility index (Phi) is 6.20. The number of nitrogens with one attached hydrogen (secondary N) is 1. The second-order valence-electron chi connectivity index (χ2n) is 6.11. The summed E-state index contributed by atoms with van der Waals surface area (Å²) in [5, 5.41) is 11.8. The van der Waals surface area contributed by atoms with Crippen LogP contribution in [0.4, 0.5) is 0 Å². The van der Waals surface area contributed by atoms with Crippen LogP contribution in [0, 0.1) is 18.3 Å². The molecule has 140 valence electrons. The van der Waals surface area contributed by atoms with Crippen LogP contribution in [0.25, 0.3) is 11.1 Å². The number of nitrogens with zero attached hydrogens (tertiary/aromatic N) is 1. The summed E-state index contributed by atoms with van der Waals surface area (Å²) >= 11 is 1.38. The van der Waals surface area contributed by atoms with Gasteiger partial charge in [-0.25, -0.2) is 0 Å². The van der Waals surface area contributed by atoms with E-state index in [0.29, 0.717) is 10.4 Å². The normalized spacial score (nSPS) is 10.1. The van der Waals surface area contributed by atoms with E-state index in [1.165, 1.54) is 11.3 Å². The summed E-state index contributed by atoms with van der Waals surface area (Å²) in [6.45, 7) is 1.86. The minimum Gasteiger partial charge on any atom is -0.460 e. The molecular formula is C22H18N2O3S. The van der Waals surface area contributed by atoms with Gasteiger partial charge in [-0.3, -0.25) is 9.59 Å². The van der Waals surface area contributed by atoms with Crippen LogP contribution in [0.3, 0.4) is 0 Å². The van der Waals surface area contributed by atoms with Gasteiger partial charge in [0.1, 0.15) is 13.2 Å². The van der Waals surface area contributed by atoms with E-state index in [0.717, 1.165) is 21.6 Å². The van der Waals surface area contributed by atoms with Crippen molar-refractivity contribution in [3.8, 4) is 17.2 Å². The van der Waals surface area contributed by atoms with Crippen molar-refractivity contribution in [2.24, 2.45) is 0 Å². The number of esters is 1. The molecule has 0 spiro atoms. The molecule has 2 aromatic carbocycles. The summed E-state index contributed by atoms with van der Waals surface area (Å²) in [6, 6.07) is 20.6. The molecule has 0 aliphatic carbocycles. The number of rotatable bonds is 6. The highest BCUT2D eigenvalue weighted by molar-refractivity contribution is 7.13. The number of hydrogen-bond acceptors (Lipinski definition) is 5. The number of benzene rings is 2. The van der Waals surface area contributed by atoms with Crippen molar-refractivity contribution in [1.29, 1.82) is 5.26 Å². The van der Waals surface area contributed by atoms with Gasteiger partial charge >= 0.3 is 5.97 Å². The maximum Gasteiger partial charge on any atom is 0.325 e. The molecule has 3 aromatic rings. The van der Waals surface area contributed by atoms with Crippen LogP contribution < -0.4 is 5.32 Å². The van der Waals surface area contributed by atoms with Crippen LogP contribution in [0.2, 0.25) is 0 Å². The number of aryl methyl sites for hydroxylation is 1. The van der Waals surface area contributed by atoms with Crippen LogP contribution in [0.15, 0.2) is 60.7 Å². The van der Waals surface area contributed by atoms with Crippen molar-refractivity contribution in [2.45, 2.75) is 13.5 Å². The monoisotopic (exact) mass is 390 g/mol. The molecule has 6 heteroatoms. The highest BCUT2D eigenvalue weighted by Crippen LogP contribution is 2.23. The summed E-state index contributed by atoms with van der Waals surface area (Å²) in [5.41, 5.74) is 3.22. The van der Waals surface area contributed by atoms with E-state index in [4.69, 9.17) is 4.74 Å². The van der Waals surface area contributed by atoms with Gasteiger partial charge in [0, 0.05) is 4.88 Å². The average molecular weight is 390 g/mol. The molecule has 0 bridgehead atoms. The summed E-state index contributed by atoms with van der Waals surface area (Å²) in [7, 11) is 0. The summed E-state index contributed by atoms with van der Waals surface area (Å²) in [5.74, 6) is -0.781. The van der Waals surface area contributed by atoms with Gasteiger partial charge in [-0.2, -0.15) is 5.26 Å². The summed E-state index contributed by atoms with van der Waals surface area (Å²) in [4.78, 5) is 25.4. The molecule has 28 heavy (non-hydrogen) atoms. The van der Waals surface area contributed by atoms with Gasteiger partial charge in [-0.1, -0.05) is 42.5 Å². The Bertz CT molecular complexity index is 1030. The van der Waals surface area contributed by atoms with E-state index in [1.807, 2.05) is 55.5 Å². The SMILES string of the molecule is Cc1ccc(C(=O)NCC(=O)OCc2ccc(-c3ccccc3C#N)cc2)s1. The van der Waals surface area contributed by atoms with E-state index < -0.39 is 5.97 Å². The second kappa shape index (κ2) is 8.98. The van der Waals surface area contributed by atoms with Crippen molar-refractivity contribution in [1.82, 2.24) is 5.32 Å². The number of amides is 1. The van der Waals surface area contributed by atoms with E-state index in [2.05, 4.69) is 11.4 Å². The van der Waals surface area contributed by atoms with E-state index in [1.54, 1.807) is 12.1 Å². The number of ether oxygens (including phenoxy) is 1. The maximum atomic E-state index is 11.9. The minimum atomic E-state index is -0.500. The Morgan fingerprint density at radius 2 is 1.82 bits per heavy atom. The predicted molar refractivity (Wildman–Crippen MR) is 108 cm³/mol. The molecule has 3 rings (SSSR count). The number of thiophene rings is 1. The van der Waals surface area contributed by atoms with E-state index in [-0.39, 0.29) is 19.1 Å². The van der Waals surface area contributed by atoms with Crippen molar-refractivity contribution >= 4 is 23.2 Å². The molecule has 1 heterocycles. The molecule has 0 fully saturated rings. The molecule has 0 aliphatic heterocycles. The van der Waals surface area contributed by atoms with Gasteiger partial charge in [-0.05, 0) is 41.8 Å². The number of hydrogen-bond donors (Lipinski definition) is 1. The molecule has 1 amide bonds. The van der Waals surface area contributed by atoms with E-state index in [9.17, 15) is 14.9 Å². The quantitative estimate of drug-likeness (QED) is 0.644. The molecule has 0 radical (unpaired) electrons. The lowest BCUT2D eigenvalue weighted by Gasteiger charge is -2.08. The fourth-order valence-corrected chi connectivity index (χ4v) is 3.41. The van der Waals surface area contributed by atoms with Crippen LogP contribution >= 0.6 is 11.3 Å². The van der Waals surface area contributed by atoms with Gasteiger partial charge in [0.15, 0.2) is 0 Å². The second-order valence-corrected chi connectivity index (χ2v) is 7.40. The first kappa shape index (κ1) is 19.3. The predicted octanol–water partition coefficient (Wildman–Crippen LogP) is 4.07. The van der Waals surface area contributed by atoms with Gasteiger partial charge in [0.25, 0.3) is 5.91 Å². The average Bonchev–Trinajstić information content (AvgIpc) is 3.17. The fourth-order valence-electron chi connectivity index (χ4n) is 2.62. The zero-order valence-electron chi connectivity index (χ0n) is 15.3. The first-order valence-electron chi connectivity index (χ1n) is 8.65. The topological polar surface area (TPSA) is 79.2 Å². The third-order valence-corrected chi connectivity index (χ3v) is 5.07. The van der Waals surface area contributed by atoms with Crippen molar-refractivity contribution < 1.29 is 14.3 Å². The Morgan fingerprint density at radius 1 is 1.07 bits per heavy atom. The van der Waals surface area contributed by atoms with Crippen LogP contribution in [-0.4, -0.2) is 18.4 Å². The molecule has 0 aliphatic rings. The lowest BCUT2D eigenvalue weighted by atomic mass is 9.99. The molecule has 1 aromatic heterocycles. The molecule has 1 N–H and O–H groups in total. The van der Waals surface area contributed by atoms with Crippen molar-refractivity contribution in [3.05, 3.63) is 81.5 Å². The van der Waals surface area contributed by atoms with Crippen LogP contribution in [0.5, 0.6) is 0 Å². The highest BCUT2D eigenvalue weighted by Gasteiger charge is 2.11. The van der Waals surface area contributed by atoms with Crippen LogP contribution in [0.1, 0.15) is 25.7 Å². The minimum absolute atomic E-state index is 0.118. The number of carbonyl (C=O) groups excluding carboxylic acids is 2. The first-order chi connectivity index (χ1) is 13.6. The molecular weight excluding hydrogens is 372 g/mol. The Hall–Kier alpha value is -3.43. The van der Waals surface area contributed by atoms with Crippen LogP contribution in [-0.2, 0) is 16.1 Å². The lowest BCUT2D eigenvalue weighted by molar-refractivity contribution is -0.143. The Labute approximate surface area is 167 Å². The fraction of sp³-hybridized carbons (Fsp3) is 0.136. The summed E-state index contributed by atoms with van der Waals surface area (Å²) < 4.78 is 5.21. The largest absolute Gasteiger partial charge is 0.460 e. The Morgan fingerprint density at radius 3 is 2.50 bits per heavy atom. The first-order valence-corrected chi connectivity index (χ1v) is 9.47. The van der Waals surface area contributed by atoms with Gasteiger partial charge < -0.3 is 10.1 Å². The van der Waals surface area contributed by atoms with Crippen molar-refractivity contribution in [2.75, 3.05) is 6.54 Å². The number of carbonyl (C=O) groups is 2. The summed E-state index contributed by atoms with van der Waals surface area (Å²) in [6.07, 6.45) is 0. The van der Waals surface area contributed by atoms with E-state index >= 15 is 0 Å².